The highest BCUT2D eigenvalue weighted by molar-refractivity contribution is 5.84. The fraction of sp³-hybridized carbons (Fsp3) is 0.118. The van der Waals surface area contributed by atoms with E-state index in [0.29, 0.717) is 0 Å². The van der Waals surface area contributed by atoms with Crippen LogP contribution >= 0.6 is 0 Å². The molecule has 5 aromatic carbocycles. The minimum atomic E-state index is -0.0935. The molecule has 1 nitrogen and oxygen atoms in total. The van der Waals surface area contributed by atoms with Crippen molar-refractivity contribution in [2.75, 3.05) is 4.90 Å². The van der Waals surface area contributed by atoms with Gasteiger partial charge in [-0.3, -0.25) is 0 Å². The average Bonchev–Trinajstić information content (AvgIpc) is 2.90. The van der Waals surface area contributed by atoms with Crippen molar-refractivity contribution >= 4 is 11.4 Å². The van der Waals surface area contributed by atoms with Crippen LogP contribution in [0, 0.1) is 0 Å². The Morgan fingerprint density at radius 3 is 1.31 bits per heavy atom. The fourth-order valence-corrected chi connectivity index (χ4v) is 4.71. The van der Waals surface area contributed by atoms with Gasteiger partial charge in [-0.25, -0.2) is 0 Å². The van der Waals surface area contributed by atoms with Crippen LogP contribution in [0.15, 0.2) is 133 Å². The third kappa shape index (κ3) is 4.90. The van der Waals surface area contributed by atoms with Crippen LogP contribution in [0.1, 0.15) is 20.8 Å². The molecule has 1 heteroatoms. The van der Waals surface area contributed by atoms with Crippen LogP contribution in [0.3, 0.4) is 0 Å². The summed E-state index contributed by atoms with van der Waals surface area (Å²) in [5.41, 5.74) is 9.70. The van der Waals surface area contributed by atoms with Crippen molar-refractivity contribution < 1.29 is 0 Å². The predicted molar refractivity (Wildman–Crippen MR) is 151 cm³/mol. The second-order valence-electron chi connectivity index (χ2n) is 9.88. The lowest BCUT2D eigenvalue weighted by Crippen LogP contribution is -2.37. The van der Waals surface area contributed by atoms with Gasteiger partial charge in [-0.2, -0.15) is 0 Å². The number of anilines is 2. The quantitative estimate of drug-likeness (QED) is 0.256. The molecule has 0 amide bonds. The molecule has 0 saturated heterocycles. The maximum atomic E-state index is 2.44. The molecule has 0 bridgehead atoms. The third-order valence-electron chi connectivity index (χ3n) is 6.35. The maximum Gasteiger partial charge on any atom is 0.0495 e. The van der Waals surface area contributed by atoms with E-state index in [4.69, 9.17) is 0 Å². The SMILES string of the molecule is CC(C)(C)N(c1ccc(-c2ccc(-c3ccccc3)cc2)cc1)c1ccccc1-c1ccccc1. The highest BCUT2D eigenvalue weighted by Gasteiger charge is 2.25. The maximum absolute atomic E-state index is 2.44. The summed E-state index contributed by atoms with van der Waals surface area (Å²) in [6, 6.07) is 47.6. The molecule has 172 valence electrons. The first kappa shape index (κ1) is 22.7. The number of hydrogen-bond acceptors (Lipinski definition) is 1. The van der Waals surface area contributed by atoms with Crippen molar-refractivity contribution in [2.45, 2.75) is 26.3 Å². The highest BCUT2D eigenvalue weighted by Crippen LogP contribution is 2.40. The van der Waals surface area contributed by atoms with Crippen molar-refractivity contribution in [1.82, 2.24) is 0 Å². The molecule has 0 fully saturated rings. The zero-order valence-electron chi connectivity index (χ0n) is 20.6. The van der Waals surface area contributed by atoms with Gasteiger partial charge in [-0.05, 0) is 66.8 Å². The minimum absolute atomic E-state index is 0.0935. The summed E-state index contributed by atoms with van der Waals surface area (Å²) >= 11 is 0. The number of para-hydroxylation sites is 1. The smallest absolute Gasteiger partial charge is 0.0495 e. The molecule has 5 aromatic rings. The molecule has 35 heavy (non-hydrogen) atoms. The second kappa shape index (κ2) is 9.64. The third-order valence-corrected chi connectivity index (χ3v) is 6.35. The second-order valence-corrected chi connectivity index (χ2v) is 9.88. The van der Waals surface area contributed by atoms with Crippen molar-refractivity contribution in [3.8, 4) is 33.4 Å². The summed E-state index contributed by atoms with van der Waals surface area (Å²) in [4.78, 5) is 2.44. The molecule has 0 aromatic heterocycles. The molecule has 0 spiro atoms. The van der Waals surface area contributed by atoms with Gasteiger partial charge in [-0.1, -0.05) is 115 Å². The normalized spacial score (nSPS) is 11.3. The van der Waals surface area contributed by atoms with E-state index in [9.17, 15) is 0 Å². The lowest BCUT2D eigenvalue weighted by molar-refractivity contribution is 0.561. The monoisotopic (exact) mass is 453 g/mol. The molecule has 0 N–H and O–H groups in total. The molecule has 5 rings (SSSR count). The first-order chi connectivity index (χ1) is 17.0. The Morgan fingerprint density at radius 1 is 0.400 bits per heavy atom. The lowest BCUT2D eigenvalue weighted by atomic mass is 9.96. The number of hydrogen-bond donors (Lipinski definition) is 0. The lowest BCUT2D eigenvalue weighted by Gasteiger charge is -2.39. The zero-order chi connectivity index (χ0) is 24.3. The van der Waals surface area contributed by atoms with Crippen molar-refractivity contribution in [1.29, 1.82) is 0 Å². The van der Waals surface area contributed by atoms with Gasteiger partial charge in [0, 0.05) is 22.5 Å². The van der Waals surface area contributed by atoms with Crippen LogP contribution < -0.4 is 4.90 Å². The van der Waals surface area contributed by atoms with E-state index >= 15 is 0 Å². The summed E-state index contributed by atoms with van der Waals surface area (Å²) in [5, 5.41) is 0. The molecule has 0 aliphatic heterocycles. The molecule has 0 heterocycles. The largest absolute Gasteiger partial charge is 0.336 e. The Balaban J connectivity index is 1.49. The van der Waals surface area contributed by atoms with Crippen LogP contribution in [-0.4, -0.2) is 5.54 Å². The van der Waals surface area contributed by atoms with Gasteiger partial charge in [0.15, 0.2) is 0 Å². The Kier molecular flexibility index (Phi) is 6.25. The van der Waals surface area contributed by atoms with Crippen LogP contribution in [-0.2, 0) is 0 Å². The van der Waals surface area contributed by atoms with Crippen molar-refractivity contribution in [3.05, 3.63) is 133 Å². The number of rotatable bonds is 5. The molecule has 0 unspecified atom stereocenters. The van der Waals surface area contributed by atoms with Gasteiger partial charge in [0.2, 0.25) is 0 Å². The van der Waals surface area contributed by atoms with Crippen LogP contribution in [0.5, 0.6) is 0 Å². The highest BCUT2D eigenvalue weighted by atomic mass is 15.2. The summed E-state index contributed by atoms with van der Waals surface area (Å²) < 4.78 is 0. The number of benzene rings is 5. The van der Waals surface area contributed by atoms with Gasteiger partial charge in [0.25, 0.3) is 0 Å². The fourth-order valence-electron chi connectivity index (χ4n) is 4.71. The topological polar surface area (TPSA) is 3.24 Å². The first-order valence-corrected chi connectivity index (χ1v) is 12.2. The van der Waals surface area contributed by atoms with Crippen LogP contribution in [0.4, 0.5) is 11.4 Å². The summed E-state index contributed by atoms with van der Waals surface area (Å²) in [7, 11) is 0. The predicted octanol–water partition coefficient (Wildman–Crippen LogP) is 9.62. The van der Waals surface area contributed by atoms with Crippen LogP contribution in [0.25, 0.3) is 33.4 Å². The molecular formula is C34H31N. The molecule has 0 atom stereocenters. The summed E-state index contributed by atoms with van der Waals surface area (Å²) in [6.07, 6.45) is 0. The van der Waals surface area contributed by atoms with Gasteiger partial charge in [-0.15, -0.1) is 0 Å². The van der Waals surface area contributed by atoms with E-state index < -0.39 is 0 Å². The Labute approximate surface area is 209 Å². The summed E-state index contributed by atoms with van der Waals surface area (Å²) in [6.45, 7) is 6.81. The van der Waals surface area contributed by atoms with Crippen LogP contribution in [0.2, 0.25) is 0 Å². The molecular weight excluding hydrogens is 422 g/mol. The van der Waals surface area contributed by atoms with E-state index in [1.54, 1.807) is 0 Å². The molecule has 0 aliphatic carbocycles. The number of nitrogens with zero attached hydrogens (tertiary/aromatic N) is 1. The Morgan fingerprint density at radius 2 is 0.800 bits per heavy atom. The van der Waals surface area contributed by atoms with Gasteiger partial charge >= 0.3 is 0 Å². The van der Waals surface area contributed by atoms with E-state index in [2.05, 4.69) is 159 Å². The van der Waals surface area contributed by atoms with Gasteiger partial charge in [0.1, 0.15) is 0 Å². The van der Waals surface area contributed by atoms with Crippen molar-refractivity contribution in [3.63, 3.8) is 0 Å². The minimum Gasteiger partial charge on any atom is -0.336 e. The van der Waals surface area contributed by atoms with Crippen molar-refractivity contribution in [2.24, 2.45) is 0 Å². The Bertz CT molecular complexity index is 1380. The first-order valence-electron chi connectivity index (χ1n) is 12.2. The Hall–Kier alpha value is -4.10. The zero-order valence-corrected chi connectivity index (χ0v) is 20.6. The standard InChI is InChI=1S/C34H31N/c1-34(2,3)35(33-17-11-10-16-32(33)30-14-8-5-9-15-30)31-24-22-29(23-25-31)28-20-18-27(19-21-28)26-12-6-4-7-13-26/h4-25H,1-3H3. The van der Waals surface area contributed by atoms with Gasteiger partial charge in [0.05, 0.1) is 0 Å². The summed E-state index contributed by atoms with van der Waals surface area (Å²) in [5.74, 6) is 0. The molecule has 0 radical (unpaired) electrons. The van der Waals surface area contributed by atoms with E-state index in [1.165, 1.54) is 44.8 Å². The van der Waals surface area contributed by atoms with E-state index in [1.807, 2.05) is 0 Å². The average molecular weight is 454 g/mol. The van der Waals surface area contributed by atoms with E-state index in [0.717, 1.165) is 0 Å². The van der Waals surface area contributed by atoms with E-state index in [-0.39, 0.29) is 5.54 Å². The molecule has 0 aliphatic rings. The van der Waals surface area contributed by atoms with Gasteiger partial charge < -0.3 is 4.90 Å². The molecule has 0 saturated carbocycles.